The number of alkyl carbamates (subject to hydrolysis) is 1. The van der Waals surface area contributed by atoms with Crippen LogP contribution in [0.3, 0.4) is 0 Å². The van der Waals surface area contributed by atoms with Gasteiger partial charge in [-0.1, -0.05) is 48.5 Å². The minimum absolute atomic E-state index is 0.00797. The highest BCUT2D eigenvalue weighted by atomic mass is 16.6. The van der Waals surface area contributed by atoms with E-state index in [-0.39, 0.29) is 31.3 Å². The summed E-state index contributed by atoms with van der Waals surface area (Å²) in [6.07, 6.45) is -0.574. The van der Waals surface area contributed by atoms with E-state index < -0.39 is 12.1 Å². The zero-order valence-electron chi connectivity index (χ0n) is 19.7. The molecular formula is C26H35NO6. The lowest BCUT2D eigenvalue weighted by molar-refractivity contribution is -0.0437. The molecule has 0 radical (unpaired) electrons. The Hall–Kier alpha value is -2.45. The minimum atomic E-state index is -0.574. The number of amides is 1. The van der Waals surface area contributed by atoms with E-state index in [9.17, 15) is 9.90 Å². The van der Waals surface area contributed by atoms with Gasteiger partial charge in [0.05, 0.1) is 51.3 Å². The molecule has 2 aromatic rings. The van der Waals surface area contributed by atoms with Crippen molar-refractivity contribution in [1.82, 2.24) is 5.32 Å². The van der Waals surface area contributed by atoms with Crippen molar-refractivity contribution in [2.75, 3.05) is 46.2 Å². The van der Waals surface area contributed by atoms with Crippen LogP contribution in [-0.4, -0.2) is 69.1 Å². The number of benzene rings is 2. The van der Waals surface area contributed by atoms with Gasteiger partial charge in [-0.15, -0.1) is 0 Å². The summed E-state index contributed by atoms with van der Waals surface area (Å²) in [6, 6.07) is 15.8. The molecule has 1 aliphatic rings. The Morgan fingerprint density at radius 3 is 2.12 bits per heavy atom. The largest absolute Gasteiger partial charge is 0.449 e. The molecule has 2 N–H and O–H groups in total. The molecule has 7 nitrogen and oxygen atoms in total. The Bertz CT molecular complexity index is 849. The summed E-state index contributed by atoms with van der Waals surface area (Å²) in [5.74, 6) is -0.00797. The van der Waals surface area contributed by atoms with Crippen molar-refractivity contribution in [3.8, 4) is 11.1 Å². The van der Waals surface area contributed by atoms with Gasteiger partial charge >= 0.3 is 6.09 Å². The average Bonchev–Trinajstić information content (AvgIpc) is 3.11. The number of carbonyl (C=O) groups is 1. The molecule has 180 valence electrons. The molecule has 2 aromatic carbocycles. The van der Waals surface area contributed by atoms with Crippen LogP contribution in [0.1, 0.15) is 37.8 Å². The van der Waals surface area contributed by atoms with Gasteiger partial charge in [-0.05, 0) is 43.0 Å². The monoisotopic (exact) mass is 457 g/mol. The van der Waals surface area contributed by atoms with Crippen LogP contribution in [0.4, 0.5) is 4.79 Å². The Morgan fingerprint density at radius 1 is 0.939 bits per heavy atom. The van der Waals surface area contributed by atoms with Crippen LogP contribution in [0, 0.1) is 0 Å². The highest BCUT2D eigenvalue weighted by molar-refractivity contribution is 5.79. The maximum atomic E-state index is 12.3. The molecule has 0 heterocycles. The molecule has 3 rings (SSSR count). The summed E-state index contributed by atoms with van der Waals surface area (Å²) in [5.41, 5.74) is 4.48. The number of hydrogen-bond acceptors (Lipinski definition) is 6. The second-order valence-corrected chi connectivity index (χ2v) is 9.00. The number of aliphatic hydroxyl groups is 1. The van der Waals surface area contributed by atoms with Crippen LogP contribution in [0.5, 0.6) is 0 Å². The Balaban J connectivity index is 1.37. The molecule has 0 bridgehead atoms. The lowest BCUT2D eigenvalue weighted by Gasteiger charge is -2.19. The summed E-state index contributed by atoms with van der Waals surface area (Å²) in [5, 5.41) is 12.2. The third-order valence-electron chi connectivity index (χ3n) is 5.34. The Morgan fingerprint density at radius 2 is 1.52 bits per heavy atom. The standard InChI is InChI=1S/C26H35NO6/c1-26(2,3)33-15-14-30-12-13-31-17-19(16-28)27-25(29)32-18-24-22-10-6-4-8-20(22)21-9-5-7-11-23(21)24/h4-11,19,24,28H,12-18H2,1-3H3,(H,27,29)/t19-/m0/s1. The van der Waals surface area contributed by atoms with Gasteiger partial charge < -0.3 is 29.4 Å². The van der Waals surface area contributed by atoms with Gasteiger partial charge in [0.2, 0.25) is 0 Å². The van der Waals surface area contributed by atoms with Crippen molar-refractivity contribution in [3.63, 3.8) is 0 Å². The molecule has 1 aliphatic carbocycles. The first-order valence-electron chi connectivity index (χ1n) is 11.4. The van der Waals surface area contributed by atoms with Crippen LogP contribution in [0.25, 0.3) is 11.1 Å². The Labute approximate surface area is 196 Å². The molecule has 0 unspecified atom stereocenters. The van der Waals surface area contributed by atoms with Gasteiger partial charge in [-0.25, -0.2) is 4.79 Å². The van der Waals surface area contributed by atoms with E-state index in [1.807, 2.05) is 45.0 Å². The number of ether oxygens (including phenoxy) is 4. The van der Waals surface area contributed by atoms with Crippen LogP contribution >= 0.6 is 0 Å². The van der Waals surface area contributed by atoms with Gasteiger partial charge in [-0.3, -0.25) is 0 Å². The predicted octanol–water partition coefficient (Wildman–Crippen LogP) is 3.73. The molecule has 0 fully saturated rings. The molecular weight excluding hydrogens is 422 g/mol. The normalized spacial score (nSPS) is 13.9. The van der Waals surface area contributed by atoms with E-state index in [4.69, 9.17) is 18.9 Å². The van der Waals surface area contributed by atoms with Gasteiger partial charge in [0, 0.05) is 5.92 Å². The summed E-state index contributed by atoms with van der Waals surface area (Å²) in [7, 11) is 0. The Kier molecular flexibility index (Phi) is 9.26. The molecule has 1 atom stereocenters. The van der Waals surface area contributed by atoms with E-state index in [0.29, 0.717) is 26.4 Å². The SMILES string of the molecule is CC(C)(C)OCCOCCOC[C@H](CO)NC(=O)OCC1c2ccccc2-c2ccccc21. The van der Waals surface area contributed by atoms with Gasteiger partial charge in [0.25, 0.3) is 0 Å². The zero-order chi connectivity index (χ0) is 23.7. The fraction of sp³-hybridized carbons (Fsp3) is 0.500. The minimum Gasteiger partial charge on any atom is -0.449 e. The van der Waals surface area contributed by atoms with Crippen molar-refractivity contribution in [2.24, 2.45) is 0 Å². The van der Waals surface area contributed by atoms with E-state index in [1.165, 1.54) is 11.1 Å². The highest BCUT2D eigenvalue weighted by Crippen LogP contribution is 2.44. The van der Waals surface area contributed by atoms with E-state index in [0.717, 1.165) is 11.1 Å². The fourth-order valence-corrected chi connectivity index (χ4v) is 3.80. The molecule has 0 saturated carbocycles. The fourth-order valence-electron chi connectivity index (χ4n) is 3.80. The van der Waals surface area contributed by atoms with Gasteiger partial charge in [-0.2, -0.15) is 0 Å². The number of rotatable bonds is 12. The summed E-state index contributed by atoms with van der Waals surface area (Å²) in [4.78, 5) is 12.3. The number of hydrogen-bond donors (Lipinski definition) is 2. The maximum absolute atomic E-state index is 12.3. The first-order valence-corrected chi connectivity index (χ1v) is 11.4. The van der Waals surface area contributed by atoms with Crippen LogP contribution < -0.4 is 5.32 Å². The molecule has 0 aliphatic heterocycles. The number of fused-ring (bicyclic) bond motifs is 3. The molecule has 33 heavy (non-hydrogen) atoms. The van der Waals surface area contributed by atoms with Gasteiger partial charge in [0.1, 0.15) is 6.61 Å². The first kappa shape index (κ1) is 25.2. The molecule has 0 aromatic heterocycles. The second kappa shape index (κ2) is 12.1. The van der Waals surface area contributed by atoms with Gasteiger partial charge in [0.15, 0.2) is 0 Å². The first-order chi connectivity index (χ1) is 15.9. The second-order valence-electron chi connectivity index (χ2n) is 9.00. The van der Waals surface area contributed by atoms with E-state index in [2.05, 4.69) is 29.6 Å². The smallest absolute Gasteiger partial charge is 0.407 e. The molecule has 7 heteroatoms. The van der Waals surface area contributed by atoms with Crippen molar-refractivity contribution < 1.29 is 28.8 Å². The van der Waals surface area contributed by atoms with Crippen LogP contribution in [0.15, 0.2) is 48.5 Å². The van der Waals surface area contributed by atoms with Crippen molar-refractivity contribution in [1.29, 1.82) is 0 Å². The number of carbonyl (C=O) groups excluding carboxylic acids is 1. The van der Waals surface area contributed by atoms with Crippen LogP contribution in [0.2, 0.25) is 0 Å². The molecule has 0 saturated heterocycles. The van der Waals surface area contributed by atoms with E-state index in [1.54, 1.807) is 0 Å². The predicted molar refractivity (Wildman–Crippen MR) is 126 cm³/mol. The molecule has 1 amide bonds. The summed E-state index contributed by atoms with van der Waals surface area (Å²) in [6.45, 7) is 7.91. The lowest BCUT2D eigenvalue weighted by atomic mass is 9.98. The van der Waals surface area contributed by atoms with Crippen molar-refractivity contribution in [3.05, 3.63) is 59.7 Å². The van der Waals surface area contributed by atoms with Crippen LogP contribution in [-0.2, 0) is 18.9 Å². The highest BCUT2D eigenvalue weighted by Gasteiger charge is 2.29. The average molecular weight is 458 g/mol. The van der Waals surface area contributed by atoms with Crippen molar-refractivity contribution >= 4 is 6.09 Å². The van der Waals surface area contributed by atoms with E-state index >= 15 is 0 Å². The third kappa shape index (κ3) is 7.54. The number of aliphatic hydroxyl groups excluding tert-OH is 1. The topological polar surface area (TPSA) is 86.3 Å². The maximum Gasteiger partial charge on any atom is 0.407 e. The molecule has 0 spiro atoms. The third-order valence-corrected chi connectivity index (χ3v) is 5.34. The van der Waals surface area contributed by atoms with Crippen molar-refractivity contribution in [2.45, 2.75) is 38.3 Å². The zero-order valence-corrected chi connectivity index (χ0v) is 19.7. The number of nitrogens with one attached hydrogen (secondary N) is 1. The lowest BCUT2D eigenvalue weighted by Crippen LogP contribution is -2.41. The quantitative estimate of drug-likeness (QED) is 0.473. The summed E-state index contributed by atoms with van der Waals surface area (Å²) < 4.78 is 22.1. The summed E-state index contributed by atoms with van der Waals surface area (Å²) >= 11 is 0.